The average molecular weight is 487 g/mol. The van der Waals surface area contributed by atoms with E-state index in [0.29, 0.717) is 11.3 Å². The minimum atomic E-state index is -1.50. The molecule has 1 aromatic carbocycles. The summed E-state index contributed by atoms with van der Waals surface area (Å²) in [6.45, 7) is -1.65. The van der Waals surface area contributed by atoms with E-state index in [1.165, 1.54) is 23.9 Å². The summed E-state index contributed by atoms with van der Waals surface area (Å²) in [7, 11) is 0. The molecule has 3 amide bonds. The van der Waals surface area contributed by atoms with Gasteiger partial charge in [-0.15, -0.1) is 0 Å². The fourth-order valence-electron chi connectivity index (χ4n) is 2.68. The van der Waals surface area contributed by atoms with Gasteiger partial charge in [0.1, 0.15) is 23.9 Å². The molecule has 12 nitrogen and oxygen atoms in total. The zero-order valence-corrected chi connectivity index (χ0v) is 18.9. The molecule has 1 aromatic rings. The van der Waals surface area contributed by atoms with Crippen LogP contribution < -0.4 is 21.7 Å². The number of aromatic hydroxyl groups is 1. The van der Waals surface area contributed by atoms with Gasteiger partial charge < -0.3 is 42.1 Å². The number of nitrogens with two attached hydrogens (primary N) is 1. The van der Waals surface area contributed by atoms with Crippen LogP contribution in [0, 0.1) is 0 Å². The fourth-order valence-corrected chi connectivity index (χ4v) is 3.15. The Morgan fingerprint density at radius 2 is 1.39 bits per heavy atom. The third kappa shape index (κ3) is 9.65. The molecule has 0 heterocycles. The minimum absolute atomic E-state index is 0.0511. The molecule has 13 heteroatoms. The maximum absolute atomic E-state index is 12.4. The van der Waals surface area contributed by atoms with Crippen LogP contribution in [-0.2, 0) is 25.6 Å². The summed E-state index contributed by atoms with van der Waals surface area (Å²) in [5.74, 6) is -3.38. The van der Waals surface area contributed by atoms with Crippen LogP contribution in [-0.4, -0.2) is 93.5 Å². The average Bonchev–Trinajstić information content (AvgIpc) is 2.79. The highest BCUT2D eigenvalue weighted by Gasteiger charge is 2.29. The molecule has 0 bridgehead atoms. The van der Waals surface area contributed by atoms with E-state index in [9.17, 15) is 39.6 Å². The first-order chi connectivity index (χ1) is 15.6. The smallest absolute Gasteiger partial charge is 0.326 e. The van der Waals surface area contributed by atoms with E-state index in [4.69, 9.17) is 5.73 Å². The molecule has 0 aromatic heterocycles. The summed E-state index contributed by atoms with van der Waals surface area (Å²) >= 11 is 1.39. The lowest BCUT2D eigenvalue weighted by Crippen LogP contribution is -2.59. The second kappa shape index (κ2) is 14.3. The molecule has 33 heavy (non-hydrogen) atoms. The summed E-state index contributed by atoms with van der Waals surface area (Å²) in [6.07, 6.45) is 2.01. The van der Waals surface area contributed by atoms with Crippen molar-refractivity contribution in [2.45, 2.75) is 37.0 Å². The summed E-state index contributed by atoms with van der Waals surface area (Å²) in [4.78, 5) is 48.3. The Morgan fingerprint density at radius 3 is 1.85 bits per heavy atom. The molecule has 1 rings (SSSR count). The van der Waals surface area contributed by atoms with Gasteiger partial charge in [0.05, 0.1) is 19.3 Å². The Labute approximate surface area is 194 Å². The van der Waals surface area contributed by atoms with Crippen LogP contribution in [0.25, 0.3) is 0 Å². The molecule has 0 saturated carbocycles. The van der Waals surface area contributed by atoms with E-state index in [-0.39, 0.29) is 18.6 Å². The molecule has 0 aliphatic rings. The van der Waals surface area contributed by atoms with Gasteiger partial charge in [-0.25, -0.2) is 4.79 Å². The van der Waals surface area contributed by atoms with Gasteiger partial charge in [0, 0.05) is 0 Å². The lowest BCUT2D eigenvalue weighted by atomic mass is 10.1. The molecule has 184 valence electrons. The highest BCUT2D eigenvalue weighted by atomic mass is 32.2. The minimum Gasteiger partial charge on any atom is -0.508 e. The zero-order chi connectivity index (χ0) is 25.0. The van der Waals surface area contributed by atoms with E-state index >= 15 is 0 Å². The molecule has 0 radical (unpaired) electrons. The number of carbonyl (C=O) groups excluding carboxylic acids is 3. The largest absolute Gasteiger partial charge is 0.508 e. The lowest BCUT2D eigenvalue weighted by molar-refractivity contribution is -0.142. The monoisotopic (exact) mass is 486 g/mol. The van der Waals surface area contributed by atoms with Crippen molar-refractivity contribution < 1.29 is 39.6 Å². The van der Waals surface area contributed by atoms with Gasteiger partial charge in [-0.05, 0) is 42.5 Å². The van der Waals surface area contributed by atoms with Crippen LogP contribution in [0.15, 0.2) is 24.3 Å². The topological polar surface area (TPSA) is 211 Å². The number of carbonyl (C=O) groups is 4. The molecular weight excluding hydrogens is 456 g/mol. The number of aliphatic carboxylic acids is 1. The third-order valence-electron chi connectivity index (χ3n) is 4.59. The number of phenols is 1. The van der Waals surface area contributed by atoms with Crippen molar-refractivity contribution in [3.63, 3.8) is 0 Å². The first-order valence-corrected chi connectivity index (χ1v) is 11.4. The van der Waals surface area contributed by atoms with Crippen molar-refractivity contribution in [1.29, 1.82) is 0 Å². The van der Waals surface area contributed by atoms with E-state index < -0.39 is 61.1 Å². The molecule has 0 aliphatic heterocycles. The maximum Gasteiger partial charge on any atom is 0.326 e. The summed E-state index contributed by atoms with van der Waals surface area (Å²) in [5, 5.41) is 44.2. The fraction of sp³-hybridized carbons (Fsp3) is 0.500. The first-order valence-electron chi connectivity index (χ1n) is 10.0. The summed E-state index contributed by atoms with van der Waals surface area (Å²) in [6, 6.07) is 0.782. The van der Waals surface area contributed by atoms with Gasteiger partial charge >= 0.3 is 5.97 Å². The van der Waals surface area contributed by atoms with Crippen molar-refractivity contribution >= 4 is 35.5 Å². The number of phenolic OH excluding ortho intramolecular Hbond substituents is 1. The van der Waals surface area contributed by atoms with Crippen molar-refractivity contribution in [3.05, 3.63) is 29.8 Å². The summed E-state index contributed by atoms with van der Waals surface area (Å²) in [5.41, 5.74) is 6.50. The molecule has 0 spiro atoms. The zero-order valence-electron chi connectivity index (χ0n) is 18.1. The number of rotatable bonds is 14. The molecular formula is C20H30N4O8S. The number of carboxylic acid groups (broad SMARTS) is 1. The first kappa shape index (κ1) is 28.2. The van der Waals surface area contributed by atoms with Gasteiger partial charge in [-0.3, -0.25) is 14.4 Å². The van der Waals surface area contributed by atoms with Crippen LogP contribution in [0.2, 0.25) is 0 Å². The van der Waals surface area contributed by atoms with Gasteiger partial charge in [0.25, 0.3) is 0 Å². The predicted octanol–water partition coefficient (Wildman–Crippen LogP) is -2.46. The number of hydrogen-bond donors (Lipinski definition) is 8. The van der Waals surface area contributed by atoms with E-state index in [2.05, 4.69) is 16.0 Å². The van der Waals surface area contributed by atoms with Gasteiger partial charge in [0.2, 0.25) is 17.7 Å². The third-order valence-corrected chi connectivity index (χ3v) is 5.23. The van der Waals surface area contributed by atoms with Crippen molar-refractivity contribution in [1.82, 2.24) is 16.0 Å². The second-order valence-electron chi connectivity index (χ2n) is 7.15. The van der Waals surface area contributed by atoms with Crippen LogP contribution in [0.3, 0.4) is 0 Å². The van der Waals surface area contributed by atoms with Crippen molar-refractivity contribution in [2.75, 3.05) is 25.2 Å². The standard InChI is InChI=1S/C20H30N4O8S/c1-33-7-6-14(20(31)32)22-18(29)16(10-26)24-19(30)15(9-25)23-17(28)13(21)8-11-2-4-12(27)5-3-11/h2-5,13-16,25-27H,6-10,21H2,1H3,(H,22,29)(H,23,28)(H,24,30)(H,31,32)/t13-,14-,15-,16-/m0/s1. The van der Waals surface area contributed by atoms with E-state index in [1.54, 1.807) is 18.4 Å². The number of aliphatic hydroxyl groups is 2. The van der Waals surface area contributed by atoms with E-state index in [0.717, 1.165) is 0 Å². The number of nitrogens with one attached hydrogen (secondary N) is 3. The number of benzene rings is 1. The second-order valence-corrected chi connectivity index (χ2v) is 8.13. The van der Waals surface area contributed by atoms with Gasteiger partial charge in [-0.2, -0.15) is 11.8 Å². The Morgan fingerprint density at radius 1 is 0.909 bits per heavy atom. The highest BCUT2D eigenvalue weighted by Crippen LogP contribution is 2.11. The Balaban J connectivity index is 2.69. The number of hydrogen-bond acceptors (Lipinski definition) is 9. The number of aliphatic hydroxyl groups excluding tert-OH is 2. The van der Waals surface area contributed by atoms with Crippen LogP contribution >= 0.6 is 11.8 Å². The number of thioether (sulfide) groups is 1. The van der Waals surface area contributed by atoms with E-state index in [1.807, 2.05) is 0 Å². The lowest BCUT2D eigenvalue weighted by Gasteiger charge is -2.23. The summed E-state index contributed by atoms with van der Waals surface area (Å²) < 4.78 is 0. The van der Waals surface area contributed by atoms with Crippen LogP contribution in [0.1, 0.15) is 12.0 Å². The number of amides is 3. The molecule has 0 fully saturated rings. The molecule has 0 saturated heterocycles. The molecule has 0 aliphatic carbocycles. The normalized spacial score (nSPS) is 14.4. The Hall–Kier alpha value is -2.87. The Kier molecular flexibility index (Phi) is 12.2. The van der Waals surface area contributed by atoms with Crippen LogP contribution in [0.4, 0.5) is 0 Å². The quantitative estimate of drug-likeness (QED) is 0.139. The molecule has 0 unspecified atom stereocenters. The van der Waals surface area contributed by atoms with Crippen LogP contribution in [0.5, 0.6) is 5.75 Å². The molecule has 4 atom stereocenters. The highest BCUT2D eigenvalue weighted by molar-refractivity contribution is 7.98. The van der Waals surface area contributed by atoms with Gasteiger partial charge in [-0.1, -0.05) is 12.1 Å². The number of carboxylic acids is 1. The Bertz CT molecular complexity index is 808. The molecule has 9 N–H and O–H groups in total. The van der Waals surface area contributed by atoms with Crippen molar-refractivity contribution in [2.24, 2.45) is 5.73 Å². The predicted molar refractivity (Wildman–Crippen MR) is 120 cm³/mol. The van der Waals surface area contributed by atoms with Gasteiger partial charge in [0.15, 0.2) is 0 Å². The SMILES string of the molecule is CSCC[C@H](NC(=O)[C@H](CO)NC(=O)[C@H](CO)NC(=O)[C@@H](N)Cc1ccc(O)cc1)C(=O)O. The maximum atomic E-state index is 12.4. The van der Waals surface area contributed by atoms with Crippen molar-refractivity contribution in [3.8, 4) is 5.75 Å².